The fraction of sp³-hybridized carbons (Fsp3) is 0.400. The summed E-state index contributed by atoms with van der Waals surface area (Å²) in [6.45, 7) is 4.87. The van der Waals surface area contributed by atoms with Gasteiger partial charge < -0.3 is 4.48 Å². The van der Waals surface area contributed by atoms with Gasteiger partial charge in [0.25, 0.3) is 0 Å². The summed E-state index contributed by atoms with van der Waals surface area (Å²) in [5.74, 6) is 0. The van der Waals surface area contributed by atoms with Crippen molar-refractivity contribution in [1.29, 1.82) is 0 Å². The van der Waals surface area contributed by atoms with Gasteiger partial charge in [-0.25, -0.2) is 0 Å². The van der Waals surface area contributed by atoms with Gasteiger partial charge in [-0.3, -0.25) is 0 Å². The van der Waals surface area contributed by atoms with Crippen molar-refractivity contribution in [1.82, 2.24) is 0 Å². The van der Waals surface area contributed by atoms with Crippen molar-refractivity contribution < 1.29 is 23.3 Å². The van der Waals surface area contributed by atoms with Crippen molar-refractivity contribution in [3.05, 3.63) is 48.5 Å². The Kier molecular flexibility index (Phi) is 6.06. The molecule has 2 rings (SSSR count). The van der Waals surface area contributed by atoms with Crippen molar-refractivity contribution in [2.24, 2.45) is 0 Å². The number of piperidine rings is 1. The second kappa shape index (κ2) is 7.06. The number of rotatable bonds is 3. The van der Waals surface area contributed by atoms with E-state index in [-0.39, 0.29) is 18.9 Å². The average molecular weight is 222 g/mol. The summed E-state index contributed by atoms with van der Waals surface area (Å²) < 4.78 is 1.10. The Morgan fingerprint density at radius 2 is 2.00 bits per heavy atom. The molecule has 1 heterocycles. The maximum Gasteiger partial charge on any atom is 1.00 e. The van der Waals surface area contributed by atoms with E-state index in [9.17, 15) is 0 Å². The van der Waals surface area contributed by atoms with Crippen LogP contribution in [0.1, 0.15) is 24.8 Å². The second-order valence-corrected chi connectivity index (χ2v) is 4.88. The van der Waals surface area contributed by atoms with Crippen LogP contribution in [-0.2, 0) is 0 Å². The normalized spacial score (nSPS) is 24.5. The summed E-state index contributed by atoms with van der Waals surface area (Å²) in [7, 11) is 2.33. The van der Waals surface area contributed by atoms with Crippen LogP contribution in [-0.4, -0.2) is 24.6 Å². The van der Waals surface area contributed by atoms with Crippen LogP contribution in [0, 0.1) is 6.54 Å². The SMILES string of the molecule is C[N@@+]1(C/C=C\c2ccccc2)[CH-]CCCC1.[Li+]. The van der Waals surface area contributed by atoms with E-state index in [1.807, 2.05) is 0 Å². The van der Waals surface area contributed by atoms with E-state index in [0.717, 1.165) is 11.0 Å². The largest absolute Gasteiger partial charge is 1.00 e. The molecule has 2 heteroatoms. The Balaban J connectivity index is 0.00000144. The maximum absolute atomic E-state index is 2.46. The van der Waals surface area contributed by atoms with E-state index in [4.69, 9.17) is 0 Å². The van der Waals surface area contributed by atoms with Crippen LogP contribution in [0.15, 0.2) is 36.4 Å². The number of likely N-dealkylation sites (tertiary alicyclic amines) is 1. The van der Waals surface area contributed by atoms with E-state index in [1.165, 1.54) is 31.4 Å². The molecule has 1 nitrogen and oxygen atoms in total. The zero-order valence-corrected chi connectivity index (χ0v) is 11.1. The Labute approximate surface area is 117 Å². The molecule has 0 N–H and O–H groups in total. The zero-order chi connectivity index (χ0) is 11.3. The predicted octanol–water partition coefficient (Wildman–Crippen LogP) is 0.496. The van der Waals surface area contributed by atoms with E-state index in [1.54, 1.807) is 0 Å². The van der Waals surface area contributed by atoms with Crippen LogP contribution in [0.3, 0.4) is 0 Å². The molecule has 0 spiro atoms. The predicted molar refractivity (Wildman–Crippen MR) is 69.5 cm³/mol. The van der Waals surface area contributed by atoms with Crippen LogP contribution in [0.2, 0.25) is 0 Å². The quantitative estimate of drug-likeness (QED) is 0.397. The van der Waals surface area contributed by atoms with Gasteiger partial charge in [0.05, 0.1) is 13.1 Å². The monoisotopic (exact) mass is 222 g/mol. The van der Waals surface area contributed by atoms with Crippen molar-refractivity contribution in [2.75, 3.05) is 20.1 Å². The smallest absolute Gasteiger partial charge is 0.454 e. The molecule has 0 unspecified atom stereocenters. The Hall–Kier alpha value is -0.483. The van der Waals surface area contributed by atoms with Crippen LogP contribution in [0.25, 0.3) is 6.08 Å². The number of hydrogen-bond acceptors (Lipinski definition) is 0. The molecule has 0 saturated carbocycles. The van der Waals surface area contributed by atoms with Gasteiger partial charge in [0, 0.05) is 7.05 Å². The van der Waals surface area contributed by atoms with Gasteiger partial charge >= 0.3 is 18.9 Å². The summed E-state index contributed by atoms with van der Waals surface area (Å²) in [5.41, 5.74) is 1.30. The first-order chi connectivity index (χ1) is 7.79. The molecule has 0 aromatic heterocycles. The second-order valence-electron chi connectivity index (χ2n) is 4.88. The summed E-state index contributed by atoms with van der Waals surface area (Å²) in [4.78, 5) is 0. The summed E-state index contributed by atoms with van der Waals surface area (Å²) in [6.07, 6.45) is 8.54. The van der Waals surface area contributed by atoms with Gasteiger partial charge in [-0.05, 0) is 18.1 Å². The van der Waals surface area contributed by atoms with Gasteiger partial charge in [-0.15, -0.1) is 13.0 Å². The molecule has 1 aromatic carbocycles. The fourth-order valence-corrected chi connectivity index (χ4v) is 2.27. The minimum Gasteiger partial charge on any atom is -0.454 e. The molecule has 1 atom stereocenters. The Morgan fingerprint density at radius 1 is 1.24 bits per heavy atom. The molecule has 1 fully saturated rings. The molecule has 86 valence electrons. The molecular formula is C15H21LiN+. The molecule has 0 aliphatic carbocycles. The molecule has 0 bridgehead atoms. The number of nitrogens with zero attached hydrogens (tertiary/aromatic N) is 1. The molecule has 1 saturated heterocycles. The summed E-state index contributed by atoms with van der Waals surface area (Å²) in [5, 5.41) is 0. The summed E-state index contributed by atoms with van der Waals surface area (Å²) >= 11 is 0. The standard InChI is InChI=1S/C15H21N.Li/c1-16(12-6-3-7-13-16)14-8-11-15-9-4-2-5-10-15;/h2,4-5,8-12H,3,6-7,13-14H2,1H3;/q;+1/b11-8-;/t16-;/m1./s1. The van der Waals surface area contributed by atoms with E-state index in [0.29, 0.717) is 0 Å². The van der Waals surface area contributed by atoms with Crippen molar-refractivity contribution in [3.8, 4) is 0 Å². The summed E-state index contributed by atoms with van der Waals surface area (Å²) in [6, 6.07) is 10.5. The van der Waals surface area contributed by atoms with Crippen molar-refractivity contribution in [3.63, 3.8) is 0 Å². The molecule has 1 aliphatic rings. The first-order valence-corrected chi connectivity index (χ1v) is 6.19. The van der Waals surface area contributed by atoms with Crippen LogP contribution >= 0.6 is 0 Å². The third-order valence-corrected chi connectivity index (χ3v) is 3.33. The first-order valence-electron chi connectivity index (χ1n) is 6.19. The molecule has 1 aliphatic heterocycles. The number of benzene rings is 1. The molecule has 1 aromatic rings. The minimum absolute atomic E-state index is 0. The van der Waals surface area contributed by atoms with Crippen LogP contribution in [0.5, 0.6) is 0 Å². The van der Waals surface area contributed by atoms with E-state index >= 15 is 0 Å². The Morgan fingerprint density at radius 3 is 2.65 bits per heavy atom. The fourth-order valence-electron chi connectivity index (χ4n) is 2.27. The Bertz CT molecular complexity index is 339. The minimum atomic E-state index is 0. The van der Waals surface area contributed by atoms with E-state index in [2.05, 4.69) is 56.1 Å². The number of quaternary nitrogens is 1. The van der Waals surface area contributed by atoms with Gasteiger partial charge in [0.15, 0.2) is 0 Å². The average Bonchev–Trinajstić information content (AvgIpc) is 2.31. The van der Waals surface area contributed by atoms with Gasteiger partial charge in [0.2, 0.25) is 0 Å². The molecule has 0 amide bonds. The van der Waals surface area contributed by atoms with Crippen molar-refractivity contribution in [2.45, 2.75) is 19.3 Å². The molecule has 17 heavy (non-hydrogen) atoms. The third kappa shape index (κ3) is 4.72. The van der Waals surface area contributed by atoms with Crippen molar-refractivity contribution >= 4 is 6.08 Å². The van der Waals surface area contributed by atoms with Crippen LogP contribution in [0.4, 0.5) is 0 Å². The first kappa shape index (κ1) is 14.6. The molecular weight excluding hydrogens is 201 g/mol. The van der Waals surface area contributed by atoms with Crippen LogP contribution < -0.4 is 18.9 Å². The maximum atomic E-state index is 2.46. The third-order valence-electron chi connectivity index (χ3n) is 3.33. The number of likely N-dealkylation sites (N-methyl/N-ethyl adjacent to an activating group) is 1. The topological polar surface area (TPSA) is 0 Å². The van der Waals surface area contributed by atoms with Gasteiger partial charge in [-0.1, -0.05) is 42.8 Å². The number of hydrogen-bond donors (Lipinski definition) is 0. The van der Waals surface area contributed by atoms with E-state index < -0.39 is 0 Å². The molecule has 0 radical (unpaired) electrons. The van der Waals surface area contributed by atoms with Gasteiger partial charge in [0.1, 0.15) is 0 Å². The van der Waals surface area contributed by atoms with Gasteiger partial charge in [-0.2, -0.15) is 0 Å². The zero-order valence-electron chi connectivity index (χ0n) is 11.1.